The minimum absolute atomic E-state index is 0.636. The van der Waals surface area contributed by atoms with Crippen molar-refractivity contribution in [3.63, 3.8) is 0 Å². The fourth-order valence-corrected chi connectivity index (χ4v) is 6.48. The fraction of sp³-hybridized carbons (Fsp3) is 0. The molecule has 6 aromatic carbocycles. The Morgan fingerprint density at radius 3 is 1.67 bits per heavy atom. The molecule has 9 aromatic rings. The summed E-state index contributed by atoms with van der Waals surface area (Å²) in [6, 6.07) is 54.6. The second-order valence-corrected chi connectivity index (χ2v) is 11.4. The zero-order chi connectivity index (χ0) is 30.5. The van der Waals surface area contributed by atoms with E-state index in [1.54, 1.807) is 0 Å². The molecule has 0 radical (unpaired) electrons. The van der Waals surface area contributed by atoms with Crippen LogP contribution in [0.25, 0.3) is 78.2 Å². The fourth-order valence-electron chi connectivity index (χ4n) is 6.48. The van der Waals surface area contributed by atoms with Crippen LogP contribution < -0.4 is 0 Å². The number of fused-ring (bicyclic) bond motifs is 5. The molecule has 0 aliphatic rings. The molecule has 0 saturated heterocycles. The number of rotatable bonds is 5. The van der Waals surface area contributed by atoms with Gasteiger partial charge in [-0.2, -0.15) is 0 Å². The van der Waals surface area contributed by atoms with E-state index in [-0.39, 0.29) is 0 Å². The molecule has 0 unspecified atom stereocenters. The van der Waals surface area contributed by atoms with Crippen molar-refractivity contribution in [3.8, 4) is 45.5 Å². The number of hydrogen-bond acceptors (Lipinski definition) is 3. The minimum atomic E-state index is 0.636. The van der Waals surface area contributed by atoms with Crippen molar-refractivity contribution in [2.45, 2.75) is 0 Å². The Bertz CT molecular complexity index is 2460. The molecule has 0 spiro atoms. The summed E-state index contributed by atoms with van der Waals surface area (Å²) in [4.78, 5) is 14.8. The van der Waals surface area contributed by atoms with Crippen LogP contribution >= 0.6 is 0 Å². The Morgan fingerprint density at radius 2 is 0.978 bits per heavy atom. The first kappa shape index (κ1) is 26.1. The van der Waals surface area contributed by atoms with Gasteiger partial charge in [-0.25, -0.2) is 15.0 Å². The molecule has 9 rings (SSSR count). The zero-order valence-corrected chi connectivity index (χ0v) is 24.8. The van der Waals surface area contributed by atoms with Crippen molar-refractivity contribution in [3.05, 3.63) is 164 Å². The van der Waals surface area contributed by atoms with Crippen LogP contribution in [-0.4, -0.2) is 24.1 Å². The van der Waals surface area contributed by atoms with E-state index in [9.17, 15) is 0 Å². The number of aromatic nitrogens is 5. The predicted octanol–water partition coefficient (Wildman–Crippen LogP) is 9.91. The van der Waals surface area contributed by atoms with E-state index in [0.29, 0.717) is 17.5 Å². The summed E-state index contributed by atoms with van der Waals surface area (Å²) < 4.78 is 4.65. The van der Waals surface area contributed by atoms with Crippen LogP contribution in [0.2, 0.25) is 0 Å². The molecule has 0 N–H and O–H groups in total. The van der Waals surface area contributed by atoms with Gasteiger partial charge in [0.2, 0.25) is 0 Å². The molecule has 3 heterocycles. The molecule has 0 aliphatic heterocycles. The van der Waals surface area contributed by atoms with E-state index in [4.69, 9.17) is 15.0 Å². The van der Waals surface area contributed by atoms with Gasteiger partial charge in [0.25, 0.3) is 0 Å². The zero-order valence-electron chi connectivity index (χ0n) is 24.8. The van der Waals surface area contributed by atoms with Crippen LogP contribution in [0.15, 0.2) is 164 Å². The highest BCUT2D eigenvalue weighted by Crippen LogP contribution is 2.38. The third-order valence-corrected chi connectivity index (χ3v) is 8.58. The summed E-state index contributed by atoms with van der Waals surface area (Å²) >= 11 is 0. The maximum Gasteiger partial charge on any atom is 0.164 e. The second kappa shape index (κ2) is 10.7. The third-order valence-electron chi connectivity index (χ3n) is 8.58. The second-order valence-electron chi connectivity index (χ2n) is 11.4. The summed E-state index contributed by atoms with van der Waals surface area (Å²) in [5.41, 5.74) is 8.55. The average Bonchev–Trinajstić information content (AvgIpc) is 3.72. The topological polar surface area (TPSA) is 48.5 Å². The molecular formula is C41H27N5. The summed E-state index contributed by atoms with van der Waals surface area (Å²) in [6.45, 7) is 0. The monoisotopic (exact) mass is 589 g/mol. The van der Waals surface area contributed by atoms with Crippen LogP contribution in [0, 0.1) is 0 Å². The van der Waals surface area contributed by atoms with E-state index in [1.165, 1.54) is 32.7 Å². The molecule has 0 bridgehead atoms. The standard InChI is InChI=1S/C41H27N5/c1-4-13-29(14-5-1)39-42-40(30-15-6-2-7-16-30)44-41(43-39)31-17-12-20-33(27-31)45-26-25-28-23-24-36-37(38(28)45)34-21-10-11-22-35(34)46(36)32-18-8-3-9-19-32/h1-27H. The molecule has 0 fully saturated rings. The highest BCUT2D eigenvalue weighted by atomic mass is 15.0. The first-order valence-corrected chi connectivity index (χ1v) is 15.4. The van der Waals surface area contributed by atoms with Crippen molar-refractivity contribution in [2.75, 3.05) is 0 Å². The van der Waals surface area contributed by atoms with E-state index < -0.39 is 0 Å². The lowest BCUT2D eigenvalue weighted by Gasteiger charge is -2.11. The average molecular weight is 590 g/mol. The van der Waals surface area contributed by atoms with Gasteiger partial charge in [-0.05, 0) is 42.5 Å². The summed E-state index contributed by atoms with van der Waals surface area (Å²) in [7, 11) is 0. The maximum absolute atomic E-state index is 4.98. The lowest BCUT2D eigenvalue weighted by atomic mass is 10.1. The Balaban J connectivity index is 1.25. The molecule has 46 heavy (non-hydrogen) atoms. The lowest BCUT2D eigenvalue weighted by Crippen LogP contribution is -2.01. The summed E-state index contributed by atoms with van der Waals surface area (Å²) in [6.07, 6.45) is 2.16. The van der Waals surface area contributed by atoms with Crippen molar-refractivity contribution in [1.29, 1.82) is 0 Å². The van der Waals surface area contributed by atoms with Crippen molar-refractivity contribution in [2.24, 2.45) is 0 Å². The third kappa shape index (κ3) is 4.29. The van der Waals surface area contributed by atoms with Crippen molar-refractivity contribution >= 4 is 32.7 Å². The largest absolute Gasteiger partial charge is 0.316 e. The number of nitrogens with zero attached hydrogens (tertiary/aromatic N) is 5. The van der Waals surface area contributed by atoms with Crippen LogP contribution in [0.5, 0.6) is 0 Å². The number of para-hydroxylation sites is 2. The SMILES string of the molecule is c1ccc(-c2nc(-c3ccccc3)nc(-c3cccc(-n4ccc5ccc6c(c7ccccc7n6-c6ccccc6)c54)c3)n2)cc1. The van der Waals surface area contributed by atoms with Gasteiger partial charge in [-0.15, -0.1) is 0 Å². The number of benzene rings is 6. The van der Waals surface area contributed by atoms with E-state index in [1.807, 2.05) is 60.7 Å². The Labute approximate surface area is 265 Å². The maximum atomic E-state index is 4.98. The molecular weight excluding hydrogens is 562 g/mol. The van der Waals surface area contributed by atoms with E-state index >= 15 is 0 Å². The number of hydrogen-bond donors (Lipinski definition) is 0. The minimum Gasteiger partial charge on any atom is -0.316 e. The molecule has 0 amide bonds. The van der Waals surface area contributed by atoms with Gasteiger partial charge < -0.3 is 9.13 Å². The van der Waals surface area contributed by atoms with Crippen LogP contribution in [-0.2, 0) is 0 Å². The van der Waals surface area contributed by atoms with Crippen LogP contribution in [0.3, 0.4) is 0 Å². The summed E-state index contributed by atoms with van der Waals surface area (Å²) in [5.74, 6) is 1.94. The lowest BCUT2D eigenvalue weighted by molar-refractivity contribution is 1.07. The summed E-state index contributed by atoms with van der Waals surface area (Å²) in [5, 5.41) is 3.64. The molecule has 5 nitrogen and oxygen atoms in total. The predicted molar refractivity (Wildman–Crippen MR) is 187 cm³/mol. The molecule has 0 saturated carbocycles. The van der Waals surface area contributed by atoms with Gasteiger partial charge in [-0.3, -0.25) is 0 Å². The quantitative estimate of drug-likeness (QED) is 0.201. The van der Waals surface area contributed by atoms with Crippen LogP contribution in [0.1, 0.15) is 0 Å². The van der Waals surface area contributed by atoms with Crippen molar-refractivity contribution < 1.29 is 0 Å². The first-order chi connectivity index (χ1) is 22.8. The Kier molecular flexibility index (Phi) is 6.06. The van der Waals surface area contributed by atoms with Gasteiger partial charge in [0.15, 0.2) is 17.5 Å². The highest BCUT2D eigenvalue weighted by molar-refractivity contribution is 6.20. The van der Waals surface area contributed by atoms with Gasteiger partial charge in [0, 0.05) is 50.4 Å². The molecule has 5 heteroatoms. The van der Waals surface area contributed by atoms with Gasteiger partial charge in [-0.1, -0.05) is 115 Å². The molecule has 0 atom stereocenters. The Hall–Kier alpha value is -6.33. The van der Waals surface area contributed by atoms with Gasteiger partial charge >= 0.3 is 0 Å². The normalized spacial score (nSPS) is 11.5. The first-order valence-electron chi connectivity index (χ1n) is 15.4. The smallest absolute Gasteiger partial charge is 0.164 e. The molecule has 0 aliphatic carbocycles. The molecule has 216 valence electrons. The molecule has 3 aromatic heterocycles. The van der Waals surface area contributed by atoms with E-state index in [0.717, 1.165) is 28.1 Å². The van der Waals surface area contributed by atoms with Crippen molar-refractivity contribution in [1.82, 2.24) is 24.1 Å². The van der Waals surface area contributed by atoms with Gasteiger partial charge in [0.1, 0.15) is 0 Å². The Morgan fingerprint density at radius 1 is 0.413 bits per heavy atom. The van der Waals surface area contributed by atoms with Gasteiger partial charge in [0.05, 0.1) is 16.6 Å². The van der Waals surface area contributed by atoms with Crippen LogP contribution in [0.4, 0.5) is 0 Å². The van der Waals surface area contributed by atoms with E-state index in [2.05, 4.69) is 112 Å². The highest BCUT2D eigenvalue weighted by Gasteiger charge is 2.18.